The minimum Gasteiger partial charge on any atom is -0.494 e. The third kappa shape index (κ3) is 6.11. The first-order chi connectivity index (χ1) is 12.0. The number of rotatable bonds is 9. The van der Waals surface area contributed by atoms with Gasteiger partial charge in [0.1, 0.15) is 11.0 Å². The average Bonchev–Trinajstić information content (AvgIpc) is 2.60. The van der Waals surface area contributed by atoms with Gasteiger partial charge in [-0.05, 0) is 48.9 Å². The van der Waals surface area contributed by atoms with E-state index in [2.05, 4.69) is 0 Å². The average molecular weight is 379 g/mol. The molecular weight excluding hydrogens is 360 g/mol. The zero-order valence-electron chi connectivity index (χ0n) is 13.8. The van der Waals surface area contributed by atoms with E-state index in [1.54, 1.807) is 36.4 Å². The smallest absolute Gasteiger partial charge is 0.317 e. The number of carbonyl (C=O) groups is 2. The second kappa shape index (κ2) is 9.49. The first-order valence-electron chi connectivity index (χ1n) is 7.84. The molecule has 0 radical (unpaired) electrons. The van der Waals surface area contributed by atoms with Crippen molar-refractivity contribution in [2.24, 2.45) is 0 Å². The van der Waals surface area contributed by atoms with E-state index in [0.29, 0.717) is 28.7 Å². The zero-order chi connectivity index (χ0) is 18.2. The van der Waals surface area contributed by atoms with E-state index in [9.17, 15) is 14.7 Å². The van der Waals surface area contributed by atoms with Crippen LogP contribution in [0.15, 0.2) is 48.5 Å². The van der Waals surface area contributed by atoms with E-state index >= 15 is 0 Å². The molecule has 0 aliphatic rings. The number of carboxylic acid groups (broad SMARTS) is 1. The van der Waals surface area contributed by atoms with Crippen molar-refractivity contribution in [3.8, 4) is 5.75 Å². The lowest BCUT2D eigenvalue weighted by Gasteiger charge is -2.12. The van der Waals surface area contributed by atoms with Crippen molar-refractivity contribution in [2.45, 2.75) is 24.3 Å². The molecule has 0 aliphatic heterocycles. The number of Topliss-reactive ketones (excluding diaryl/α,β-unsaturated/α-hetero) is 1. The van der Waals surface area contributed by atoms with Gasteiger partial charge in [-0.15, -0.1) is 11.8 Å². The minimum atomic E-state index is -0.988. The molecule has 2 aromatic rings. The number of carboxylic acids is 1. The summed E-state index contributed by atoms with van der Waals surface area (Å²) in [5.41, 5.74) is 1.45. The fraction of sp³-hybridized carbons (Fsp3) is 0.263. The molecule has 1 N–H and O–H groups in total. The molecule has 2 rings (SSSR count). The Morgan fingerprint density at radius 3 is 2.32 bits per heavy atom. The highest BCUT2D eigenvalue weighted by atomic mass is 35.5. The lowest BCUT2D eigenvalue weighted by atomic mass is 10.1. The number of thioether (sulfide) groups is 1. The lowest BCUT2D eigenvalue weighted by Crippen LogP contribution is -2.21. The molecule has 1 atom stereocenters. The summed E-state index contributed by atoms with van der Waals surface area (Å²) in [7, 11) is 0. The third-order valence-electron chi connectivity index (χ3n) is 3.50. The molecular formula is C19H19ClO4S. The van der Waals surface area contributed by atoms with Crippen LogP contribution in [0.3, 0.4) is 0 Å². The van der Waals surface area contributed by atoms with Crippen molar-refractivity contribution < 1.29 is 19.4 Å². The van der Waals surface area contributed by atoms with Crippen molar-refractivity contribution in [2.75, 3.05) is 6.61 Å². The summed E-state index contributed by atoms with van der Waals surface area (Å²) in [5, 5.41) is 9.23. The fourth-order valence-electron chi connectivity index (χ4n) is 2.18. The molecule has 0 fully saturated rings. The molecule has 25 heavy (non-hydrogen) atoms. The highest BCUT2D eigenvalue weighted by molar-refractivity contribution is 7.99. The van der Waals surface area contributed by atoms with Gasteiger partial charge in [0, 0.05) is 22.8 Å². The monoisotopic (exact) mass is 378 g/mol. The maximum absolute atomic E-state index is 12.3. The number of carbonyl (C=O) groups excluding carboxylic acids is 1. The van der Waals surface area contributed by atoms with Gasteiger partial charge >= 0.3 is 5.97 Å². The number of aliphatic carboxylic acids is 1. The lowest BCUT2D eigenvalue weighted by molar-refractivity contribution is -0.136. The van der Waals surface area contributed by atoms with E-state index in [1.165, 1.54) is 11.8 Å². The van der Waals surface area contributed by atoms with Crippen LogP contribution >= 0.6 is 23.4 Å². The first-order valence-corrected chi connectivity index (χ1v) is 9.27. The van der Waals surface area contributed by atoms with Crippen LogP contribution in [0.4, 0.5) is 0 Å². The topological polar surface area (TPSA) is 63.6 Å². The Kier molecular flexibility index (Phi) is 7.34. The molecule has 4 nitrogen and oxygen atoms in total. The van der Waals surface area contributed by atoms with Crippen LogP contribution in [0.1, 0.15) is 29.3 Å². The summed E-state index contributed by atoms with van der Waals surface area (Å²) in [6.45, 7) is 2.43. The van der Waals surface area contributed by atoms with Crippen LogP contribution < -0.4 is 4.74 Å². The standard InChI is InChI=1S/C19H19ClO4S/c1-2-24-16-9-5-14(6-10-16)17(21)11-18(19(22)23)25-12-13-3-7-15(20)8-4-13/h3-10,18H,2,11-12H2,1H3,(H,22,23)/t18-/m1/s1. The Balaban J connectivity index is 1.96. The van der Waals surface area contributed by atoms with E-state index in [0.717, 1.165) is 5.56 Å². The Hall–Kier alpha value is -1.98. The summed E-state index contributed by atoms with van der Waals surface area (Å²) in [6, 6.07) is 14.0. The number of halogens is 1. The predicted octanol–water partition coefficient (Wildman–Crippen LogP) is 4.70. The highest BCUT2D eigenvalue weighted by Crippen LogP contribution is 2.24. The Morgan fingerprint density at radius 2 is 1.76 bits per heavy atom. The van der Waals surface area contributed by atoms with E-state index in [-0.39, 0.29) is 12.2 Å². The van der Waals surface area contributed by atoms with Crippen LogP contribution in [0.5, 0.6) is 5.75 Å². The molecule has 6 heteroatoms. The number of hydrogen-bond donors (Lipinski definition) is 1. The van der Waals surface area contributed by atoms with Crippen molar-refractivity contribution in [3.63, 3.8) is 0 Å². The van der Waals surface area contributed by atoms with E-state index in [4.69, 9.17) is 16.3 Å². The van der Waals surface area contributed by atoms with Gasteiger partial charge in [-0.2, -0.15) is 0 Å². The highest BCUT2D eigenvalue weighted by Gasteiger charge is 2.22. The van der Waals surface area contributed by atoms with Gasteiger partial charge in [-0.25, -0.2) is 0 Å². The predicted molar refractivity (Wildman–Crippen MR) is 101 cm³/mol. The quantitative estimate of drug-likeness (QED) is 0.641. The summed E-state index contributed by atoms with van der Waals surface area (Å²) in [4.78, 5) is 23.8. The molecule has 2 aromatic carbocycles. The normalized spacial score (nSPS) is 11.8. The van der Waals surface area contributed by atoms with Crippen molar-refractivity contribution >= 4 is 35.1 Å². The van der Waals surface area contributed by atoms with Gasteiger partial charge in [0.2, 0.25) is 0 Å². The van der Waals surface area contributed by atoms with Gasteiger partial charge in [0.05, 0.1) is 6.61 Å². The Labute approximate surface area is 156 Å². The van der Waals surface area contributed by atoms with Gasteiger partial charge in [0.25, 0.3) is 0 Å². The Morgan fingerprint density at radius 1 is 1.12 bits per heavy atom. The number of benzene rings is 2. The second-order valence-electron chi connectivity index (χ2n) is 5.35. The van der Waals surface area contributed by atoms with E-state index < -0.39 is 11.2 Å². The van der Waals surface area contributed by atoms with Gasteiger partial charge in [0.15, 0.2) is 5.78 Å². The molecule has 0 bridgehead atoms. The number of hydrogen-bond acceptors (Lipinski definition) is 4. The van der Waals surface area contributed by atoms with Crippen molar-refractivity contribution in [1.82, 2.24) is 0 Å². The molecule has 0 aromatic heterocycles. The molecule has 0 saturated carbocycles. The van der Waals surface area contributed by atoms with Crippen molar-refractivity contribution in [1.29, 1.82) is 0 Å². The summed E-state index contributed by atoms with van der Waals surface area (Å²) in [6.07, 6.45) is -0.0540. The van der Waals surface area contributed by atoms with Crippen LogP contribution in [-0.2, 0) is 10.5 Å². The first kappa shape index (κ1) is 19.3. The van der Waals surface area contributed by atoms with Crippen LogP contribution in [0.2, 0.25) is 5.02 Å². The van der Waals surface area contributed by atoms with E-state index in [1.807, 2.05) is 19.1 Å². The second-order valence-corrected chi connectivity index (χ2v) is 6.98. The molecule has 0 amide bonds. The largest absolute Gasteiger partial charge is 0.494 e. The summed E-state index contributed by atoms with van der Waals surface area (Å²) >= 11 is 7.07. The number of ketones is 1. The third-order valence-corrected chi connectivity index (χ3v) is 5.02. The van der Waals surface area contributed by atoms with Crippen LogP contribution in [0, 0.1) is 0 Å². The van der Waals surface area contributed by atoms with Gasteiger partial charge in [-0.1, -0.05) is 23.7 Å². The molecule has 0 aliphatic carbocycles. The Bertz CT molecular complexity index is 713. The maximum atomic E-state index is 12.3. The summed E-state index contributed by atoms with van der Waals surface area (Å²) < 4.78 is 5.34. The fourth-order valence-corrected chi connectivity index (χ4v) is 3.31. The summed E-state index contributed by atoms with van der Waals surface area (Å²) in [5.74, 6) is 0.00767. The maximum Gasteiger partial charge on any atom is 0.317 e. The number of ether oxygens (including phenoxy) is 1. The molecule has 0 heterocycles. The minimum absolute atomic E-state index is 0.0540. The van der Waals surface area contributed by atoms with Crippen molar-refractivity contribution in [3.05, 3.63) is 64.7 Å². The zero-order valence-corrected chi connectivity index (χ0v) is 15.3. The SMILES string of the molecule is CCOc1ccc(C(=O)C[C@@H](SCc2ccc(Cl)cc2)C(=O)O)cc1. The molecule has 132 valence electrons. The molecule has 0 unspecified atom stereocenters. The van der Waals surface area contributed by atoms with Gasteiger partial charge < -0.3 is 9.84 Å². The van der Waals surface area contributed by atoms with Gasteiger partial charge in [-0.3, -0.25) is 9.59 Å². The van der Waals surface area contributed by atoms with Crippen LogP contribution in [0.25, 0.3) is 0 Å². The van der Waals surface area contributed by atoms with Crippen LogP contribution in [-0.4, -0.2) is 28.7 Å². The molecule has 0 saturated heterocycles. The molecule has 0 spiro atoms.